The van der Waals surface area contributed by atoms with Gasteiger partial charge in [0.05, 0.1) is 5.41 Å². The number of fused-ring (bicyclic) bond motifs is 9. The molecular formula is C45H26. The first-order valence-corrected chi connectivity index (χ1v) is 15.9. The van der Waals surface area contributed by atoms with E-state index in [9.17, 15) is 0 Å². The van der Waals surface area contributed by atoms with Gasteiger partial charge in [0.2, 0.25) is 0 Å². The van der Waals surface area contributed by atoms with Crippen molar-refractivity contribution in [2.75, 3.05) is 0 Å². The van der Waals surface area contributed by atoms with Gasteiger partial charge < -0.3 is 0 Å². The fourth-order valence-electron chi connectivity index (χ4n) is 9.15. The first kappa shape index (κ1) is 23.7. The normalized spacial score (nSPS) is 14.0. The Morgan fingerprint density at radius 3 is 1.36 bits per heavy atom. The van der Waals surface area contributed by atoms with Gasteiger partial charge in [-0.05, 0) is 98.7 Å². The molecule has 0 saturated heterocycles. The van der Waals surface area contributed by atoms with Crippen molar-refractivity contribution < 1.29 is 0 Å². The second kappa shape index (κ2) is 8.25. The molecule has 2 aliphatic carbocycles. The van der Waals surface area contributed by atoms with Crippen molar-refractivity contribution in [3.63, 3.8) is 0 Å². The van der Waals surface area contributed by atoms with E-state index in [2.05, 4.69) is 158 Å². The molecular weight excluding hydrogens is 540 g/mol. The lowest BCUT2D eigenvalue weighted by Crippen LogP contribution is -2.31. The van der Waals surface area contributed by atoms with E-state index in [1.807, 2.05) is 0 Å². The Labute approximate surface area is 261 Å². The third kappa shape index (κ3) is 2.75. The predicted molar refractivity (Wildman–Crippen MR) is 189 cm³/mol. The standard InChI is InChI=1S/C45H26/c1-4-15-38-32(11-1)33-12-2-5-16-39(33)45(38)40-17-6-3-13-34(40)37-26-25-31(35-14-8-18-41(45)44(35)37)30-23-21-29-20-19-27-9-7-10-28-22-24-36(30)43(29)42(27)28/h1-26H. The largest absolute Gasteiger partial charge is 0.0725 e. The van der Waals surface area contributed by atoms with Gasteiger partial charge in [0.25, 0.3) is 0 Å². The third-order valence-electron chi connectivity index (χ3n) is 10.8. The molecule has 206 valence electrons. The third-order valence-corrected chi connectivity index (χ3v) is 10.8. The smallest absolute Gasteiger partial charge is 0.0619 e. The molecule has 0 atom stereocenters. The lowest BCUT2D eigenvalue weighted by Gasteiger charge is -2.40. The zero-order chi connectivity index (χ0) is 29.3. The molecule has 1 spiro atoms. The van der Waals surface area contributed by atoms with Crippen LogP contribution in [-0.2, 0) is 5.41 Å². The Morgan fingerprint density at radius 2 is 0.689 bits per heavy atom. The maximum atomic E-state index is 2.40. The van der Waals surface area contributed by atoms with Crippen LogP contribution in [0.5, 0.6) is 0 Å². The SMILES string of the molecule is c1ccc2c(c1)-c1ccccc1C21c2ccccc2-c2ccc(-c3ccc4ccc5cccc6ccc3c4c56)c3cccc1c23. The van der Waals surface area contributed by atoms with Gasteiger partial charge in [-0.2, -0.15) is 0 Å². The molecule has 0 nitrogen and oxygen atoms in total. The van der Waals surface area contributed by atoms with Gasteiger partial charge in [-0.15, -0.1) is 0 Å². The minimum Gasteiger partial charge on any atom is -0.0619 e. The summed E-state index contributed by atoms with van der Waals surface area (Å²) in [4.78, 5) is 0. The first-order valence-electron chi connectivity index (χ1n) is 15.9. The molecule has 0 unspecified atom stereocenters. The van der Waals surface area contributed by atoms with Gasteiger partial charge in [0.15, 0.2) is 0 Å². The monoisotopic (exact) mass is 566 g/mol. The van der Waals surface area contributed by atoms with E-state index in [4.69, 9.17) is 0 Å². The molecule has 0 bridgehead atoms. The van der Waals surface area contributed by atoms with Crippen LogP contribution in [0.2, 0.25) is 0 Å². The van der Waals surface area contributed by atoms with Crippen LogP contribution < -0.4 is 0 Å². The van der Waals surface area contributed by atoms with Crippen molar-refractivity contribution in [3.05, 3.63) is 180 Å². The summed E-state index contributed by atoms with van der Waals surface area (Å²) in [5, 5.41) is 10.6. The number of rotatable bonds is 1. The maximum Gasteiger partial charge on any atom is 0.0725 e. The highest BCUT2D eigenvalue weighted by atomic mass is 14.5. The van der Waals surface area contributed by atoms with Gasteiger partial charge in [-0.25, -0.2) is 0 Å². The Bertz CT molecular complexity index is 2650. The molecule has 2 aliphatic rings. The Hall–Kier alpha value is -5.72. The van der Waals surface area contributed by atoms with Gasteiger partial charge in [0.1, 0.15) is 0 Å². The van der Waals surface area contributed by atoms with Crippen LogP contribution in [0.25, 0.3) is 76.5 Å². The fraction of sp³-hybridized carbons (Fsp3) is 0.0222. The lowest BCUT2D eigenvalue weighted by molar-refractivity contribution is 0.773. The molecule has 0 amide bonds. The second-order valence-electron chi connectivity index (χ2n) is 12.7. The minimum atomic E-state index is -0.377. The van der Waals surface area contributed by atoms with E-state index < -0.39 is 0 Å². The van der Waals surface area contributed by atoms with Gasteiger partial charge in [0, 0.05) is 0 Å². The summed E-state index contributed by atoms with van der Waals surface area (Å²) in [5.74, 6) is 0. The van der Waals surface area contributed by atoms with Gasteiger partial charge in [-0.1, -0.05) is 158 Å². The molecule has 0 aromatic heterocycles. The summed E-state index contributed by atoms with van der Waals surface area (Å²) >= 11 is 0. The highest BCUT2D eigenvalue weighted by Gasteiger charge is 2.49. The summed E-state index contributed by atoms with van der Waals surface area (Å²) in [6, 6.07) is 59.6. The average molecular weight is 567 g/mol. The van der Waals surface area contributed by atoms with E-state index in [0.29, 0.717) is 0 Å². The zero-order valence-corrected chi connectivity index (χ0v) is 24.5. The quantitative estimate of drug-likeness (QED) is 0.173. The molecule has 9 aromatic rings. The van der Waals surface area contributed by atoms with Crippen LogP contribution in [0.15, 0.2) is 158 Å². The molecule has 0 radical (unpaired) electrons. The average Bonchev–Trinajstić information content (AvgIpc) is 3.40. The lowest BCUT2D eigenvalue weighted by atomic mass is 9.61. The Kier molecular flexibility index (Phi) is 4.35. The van der Waals surface area contributed by atoms with Crippen LogP contribution in [0.1, 0.15) is 22.3 Å². The summed E-state index contributed by atoms with van der Waals surface area (Å²) in [5.41, 5.74) is 13.1. The number of benzene rings is 9. The molecule has 45 heavy (non-hydrogen) atoms. The Balaban J connectivity index is 1.30. The van der Waals surface area contributed by atoms with E-state index in [0.717, 1.165) is 0 Å². The highest BCUT2D eigenvalue weighted by Crippen LogP contribution is 2.62. The first-order chi connectivity index (χ1) is 22.3. The van der Waals surface area contributed by atoms with Crippen molar-refractivity contribution in [2.24, 2.45) is 0 Å². The number of hydrogen-bond acceptors (Lipinski definition) is 0. The summed E-state index contributed by atoms with van der Waals surface area (Å²) < 4.78 is 0. The van der Waals surface area contributed by atoms with Crippen molar-refractivity contribution in [1.29, 1.82) is 0 Å². The molecule has 0 heteroatoms. The van der Waals surface area contributed by atoms with Crippen molar-refractivity contribution in [2.45, 2.75) is 5.41 Å². The molecule has 9 aromatic carbocycles. The molecule has 0 fully saturated rings. The highest BCUT2D eigenvalue weighted by molar-refractivity contribution is 6.26. The second-order valence-corrected chi connectivity index (χ2v) is 12.7. The van der Waals surface area contributed by atoms with E-state index in [1.54, 1.807) is 0 Å². The molecule has 0 saturated carbocycles. The maximum absolute atomic E-state index is 2.40. The predicted octanol–water partition coefficient (Wildman–Crippen LogP) is 11.7. The van der Waals surface area contributed by atoms with Crippen molar-refractivity contribution in [1.82, 2.24) is 0 Å². The van der Waals surface area contributed by atoms with Crippen LogP contribution in [0.4, 0.5) is 0 Å². The van der Waals surface area contributed by atoms with E-state index in [-0.39, 0.29) is 5.41 Å². The summed E-state index contributed by atoms with van der Waals surface area (Å²) in [6.07, 6.45) is 0. The molecule has 0 aliphatic heterocycles. The summed E-state index contributed by atoms with van der Waals surface area (Å²) in [6.45, 7) is 0. The van der Waals surface area contributed by atoms with E-state index in [1.165, 1.54) is 98.7 Å². The van der Waals surface area contributed by atoms with Crippen LogP contribution in [-0.4, -0.2) is 0 Å². The van der Waals surface area contributed by atoms with Crippen molar-refractivity contribution >= 4 is 43.1 Å². The Morgan fingerprint density at radius 1 is 0.244 bits per heavy atom. The van der Waals surface area contributed by atoms with Crippen LogP contribution in [0.3, 0.4) is 0 Å². The molecule has 0 N–H and O–H groups in total. The van der Waals surface area contributed by atoms with Crippen LogP contribution in [0, 0.1) is 0 Å². The summed E-state index contributed by atoms with van der Waals surface area (Å²) in [7, 11) is 0. The van der Waals surface area contributed by atoms with E-state index >= 15 is 0 Å². The van der Waals surface area contributed by atoms with Gasteiger partial charge in [-0.3, -0.25) is 0 Å². The fourth-order valence-corrected chi connectivity index (χ4v) is 9.15. The zero-order valence-electron chi connectivity index (χ0n) is 24.5. The van der Waals surface area contributed by atoms with Gasteiger partial charge >= 0.3 is 0 Å². The minimum absolute atomic E-state index is 0.377. The van der Waals surface area contributed by atoms with Crippen molar-refractivity contribution in [3.8, 4) is 33.4 Å². The van der Waals surface area contributed by atoms with Crippen LogP contribution >= 0.6 is 0 Å². The molecule has 11 rings (SSSR count). The topological polar surface area (TPSA) is 0 Å². The number of hydrogen-bond donors (Lipinski definition) is 0. The molecule has 0 heterocycles.